The van der Waals surface area contributed by atoms with Gasteiger partial charge in [-0.15, -0.1) is 0 Å². The van der Waals surface area contributed by atoms with Crippen LogP contribution in [0.25, 0.3) is 11.1 Å². The summed E-state index contributed by atoms with van der Waals surface area (Å²) in [5, 5.41) is 4.06. The Morgan fingerprint density at radius 2 is 1.75 bits per heavy atom. The molecule has 1 aliphatic heterocycles. The van der Waals surface area contributed by atoms with E-state index in [0.717, 1.165) is 42.6 Å². The Bertz CT molecular complexity index is 820. The smallest absolute Gasteiger partial charge is 0.317 e. The van der Waals surface area contributed by atoms with Gasteiger partial charge in [0, 0.05) is 18.7 Å². The minimum absolute atomic E-state index is 0.0821. The van der Waals surface area contributed by atoms with Crippen LogP contribution >= 0.6 is 23.2 Å². The van der Waals surface area contributed by atoms with Gasteiger partial charge in [-0.1, -0.05) is 65.7 Å². The standard InChI is InChI=1S/C22H27Cl2N3O/c1-15(25-22(28)27(3)17-11-13-26(2)14-12-17)18-9-10-19(21(24)20(18)23)16-7-5-4-6-8-16/h4-10,15,17H,11-14H2,1-3H3,(H,25,28). The molecule has 2 amide bonds. The maximum atomic E-state index is 12.7. The van der Waals surface area contributed by atoms with Gasteiger partial charge in [0.1, 0.15) is 0 Å². The predicted octanol–water partition coefficient (Wildman–Crippen LogP) is 5.46. The highest BCUT2D eigenvalue weighted by Crippen LogP contribution is 2.38. The summed E-state index contributed by atoms with van der Waals surface area (Å²) in [5.41, 5.74) is 2.72. The van der Waals surface area contributed by atoms with Crippen LogP contribution in [0.4, 0.5) is 4.79 Å². The lowest BCUT2D eigenvalue weighted by atomic mass is 10.0. The first-order valence-corrected chi connectivity index (χ1v) is 10.4. The van der Waals surface area contributed by atoms with Crippen molar-refractivity contribution in [1.82, 2.24) is 15.1 Å². The van der Waals surface area contributed by atoms with E-state index in [1.54, 1.807) is 0 Å². The molecule has 2 aromatic rings. The molecule has 3 rings (SSSR count). The Kier molecular flexibility index (Phi) is 6.86. The number of hydrogen-bond acceptors (Lipinski definition) is 2. The Morgan fingerprint density at radius 3 is 2.39 bits per heavy atom. The third-order valence-electron chi connectivity index (χ3n) is 5.56. The quantitative estimate of drug-likeness (QED) is 0.713. The van der Waals surface area contributed by atoms with Gasteiger partial charge >= 0.3 is 6.03 Å². The van der Waals surface area contributed by atoms with Crippen molar-refractivity contribution in [2.45, 2.75) is 31.8 Å². The van der Waals surface area contributed by atoms with Crippen molar-refractivity contribution in [3.63, 3.8) is 0 Å². The second-order valence-electron chi connectivity index (χ2n) is 7.51. The van der Waals surface area contributed by atoms with Crippen molar-refractivity contribution in [1.29, 1.82) is 0 Å². The van der Waals surface area contributed by atoms with Crippen LogP contribution in [0.5, 0.6) is 0 Å². The first-order valence-electron chi connectivity index (χ1n) is 9.63. The van der Waals surface area contributed by atoms with Crippen molar-refractivity contribution in [3.05, 3.63) is 58.1 Å². The Hall–Kier alpha value is -1.75. The number of nitrogens with one attached hydrogen (secondary N) is 1. The number of carbonyl (C=O) groups excluding carboxylic acids is 1. The molecule has 1 aliphatic rings. The topological polar surface area (TPSA) is 35.6 Å². The van der Waals surface area contributed by atoms with Gasteiger partial charge in [0.05, 0.1) is 16.1 Å². The summed E-state index contributed by atoms with van der Waals surface area (Å²) in [4.78, 5) is 16.8. The van der Waals surface area contributed by atoms with E-state index in [9.17, 15) is 4.79 Å². The average molecular weight is 420 g/mol. The van der Waals surface area contributed by atoms with E-state index in [0.29, 0.717) is 10.0 Å². The minimum atomic E-state index is -0.240. The van der Waals surface area contributed by atoms with Gasteiger partial charge in [0.15, 0.2) is 0 Å². The lowest BCUT2D eigenvalue weighted by Gasteiger charge is -2.35. The summed E-state index contributed by atoms with van der Waals surface area (Å²) in [6, 6.07) is 13.7. The number of hydrogen-bond donors (Lipinski definition) is 1. The fraction of sp³-hybridized carbons (Fsp3) is 0.409. The van der Waals surface area contributed by atoms with Crippen LogP contribution in [-0.2, 0) is 0 Å². The number of likely N-dealkylation sites (tertiary alicyclic amines) is 1. The van der Waals surface area contributed by atoms with Crippen LogP contribution in [-0.4, -0.2) is 49.1 Å². The molecule has 2 aromatic carbocycles. The second-order valence-corrected chi connectivity index (χ2v) is 8.27. The molecule has 1 unspecified atom stereocenters. The van der Waals surface area contributed by atoms with E-state index < -0.39 is 0 Å². The molecule has 6 heteroatoms. The van der Waals surface area contributed by atoms with Gasteiger partial charge in [-0.2, -0.15) is 0 Å². The largest absolute Gasteiger partial charge is 0.331 e. The first-order chi connectivity index (χ1) is 13.4. The molecule has 4 nitrogen and oxygen atoms in total. The van der Waals surface area contributed by atoms with Crippen molar-refractivity contribution < 1.29 is 4.79 Å². The molecule has 1 saturated heterocycles. The van der Waals surface area contributed by atoms with Crippen molar-refractivity contribution in [2.75, 3.05) is 27.2 Å². The normalized spacial score (nSPS) is 16.6. The van der Waals surface area contributed by atoms with Crippen LogP contribution in [0.1, 0.15) is 31.4 Å². The molecule has 0 aliphatic carbocycles. The summed E-state index contributed by atoms with van der Waals surface area (Å²) >= 11 is 13.1. The summed E-state index contributed by atoms with van der Waals surface area (Å²) in [5.74, 6) is 0. The number of benzene rings is 2. The Balaban J connectivity index is 1.71. The number of carbonyl (C=O) groups is 1. The molecule has 0 aromatic heterocycles. The molecule has 1 heterocycles. The lowest BCUT2D eigenvalue weighted by Crippen LogP contribution is -2.48. The number of piperidine rings is 1. The Labute approximate surface area is 177 Å². The third-order valence-corrected chi connectivity index (χ3v) is 6.46. The van der Waals surface area contributed by atoms with Crippen LogP contribution in [0.15, 0.2) is 42.5 Å². The van der Waals surface area contributed by atoms with Crippen molar-refractivity contribution in [2.24, 2.45) is 0 Å². The SMILES string of the molecule is CC(NC(=O)N(C)C1CCN(C)CC1)c1ccc(-c2ccccc2)c(Cl)c1Cl. The molecular weight excluding hydrogens is 393 g/mol. The minimum Gasteiger partial charge on any atom is -0.331 e. The van der Waals surface area contributed by atoms with Crippen molar-refractivity contribution in [3.8, 4) is 11.1 Å². The first kappa shape index (κ1) is 21.0. The molecule has 0 bridgehead atoms. The highest BCUT2D eigenvalue weighted by atomic mass is 35.5. The van der Waals surface area contributed by atoms with E-state index in [1.807, 2.05) is 61.3 Å². The highest BCUT2D eigenvalue weighted by Gasteiger charge is 2.25. The molecule has 1 fully saturated rings. The number of rotatable bonds is 4. The summed E-state index contributed by atoms with van der Waals surface area (Å²) in [7, 11) is 3.98. The van der Waals surface area contributed by atoms with Gasteiger partial charge in [-0.25, -0.2) is 4.79 Å². The molecule has 0 saturated carbocycles. The van der Waals surface area contributed by atoms with E-state index >= 15 is 0 Å². The van der Waals surface area contributed by atoms with E-state index in [-0.39, 0.29) is 18.1 Å². The zero-order chi connectivity index (χ0) is 20.3. The summed E-state index contributed by atoms with van der Waals surface area (Å²) < 4.78 is 0. The lowest BCUT2D eigenvalue weighted by molar-refractivity contribution is 0.146. The number of urea groups is 1. The maximum absolute atomic E-state index is 12.7. The third kappa shape index (κ3) is 4.62. The molecular formula is C22H27Cl2N3O. The van der Waals surface area contributed by atoms with E-state index in [4.69, 9.17) is 23.2 Å². The van der Waals surface area contributed by atoms with Gasteiger partial charge in [0.25, 0.3) is 0 Å². The fourth-order valence-corrected chi connectivity index (χ4v) is 4.26. The number of nitrogens with zero attached hydrogens (tertiary/aromatic N) is 2. The van der Waals surface area contributed by atoms with Crippen molar-refractivity contribution >= 4 is 29.2 Å². The second kappa shape index (κ2) is 9.17. The molecule has 0 spiro atoms. The predicted molar refractivity (Wildman–Crippen MR) is 117 cm³/mol. The molecule has 1 atom stereocenters. The van der Waals surface area contributed by atoms with E-state index in [1.165, 1.54) is 0 Å². The van der Waals surface area contributed by atoms with Crippen LogP contribution in [0.3, 0.4) is 0 Å². The monoisotopic (exact) mass is 419 g/mol. The molecule has 150 valence electrons. The number of halogens is 2. The Morgan fingerprint density at radius 1 is 1.11 bits per heavy atom. The van der Waals surface area contributed by atoms with Crippen LogP contribution in [0, 0.1) is 0 Å². The number of amides is 2. The zero-order valence-corrected chi connectivity index (χ0v) is 18.1. The zero-order valence-electron chi connectivity index (χ0n) is 16.6. The van der Waals surface area contributed by atoms with Gasteiger partial charge in [-0.05, 0) is 51.0 Å². The average Bonchev–Trinajstić information content (AvgIpc) is 2.70. The summed E-state index contributed by atoms with van der Waals surface area (Å²) in [6.07, 6.45) is 1.99. The van der Waals surface area contributed by atoms with Crippen LogP contribution in [0.2, 0.25) is 10.0 Å². The molecule has 1 N–H and O–H groups in total. The van der Waals surface area contributed by atoms with Crippen LogP contribution < -0.4 is 5.32 Å². The van der Waals surface area contributed by atoms with Gasteiger partial charge in [-0.3, -0.25) is 0 Å². The van der Waals surface area contributed by atoms with E-state index in [2.05, 4.69) is 17.3 Å². The van der Waals surface area contributed by atoms with Gasteiger partial charge in [0.2, 0.25) is 0 Å². The molecule has 0 radical (unpaired) electrons. The molecule has 28 heavy (non-hydrogen) atoms. The van der Waals surface area contributed by atoms with Gasteiger partial charge < -0.3 is 15.1 Å². The maximum Gasteiger partial charge on any atom is 0.317 e. The summed E-state index contributed by atoms with van der Waals surface area (Å²) in [6.45, 7) is 3.96. The fourth-order valence-electron chi connectivity index (χ4n) is 3.65. The highest BCUT2D eigenvalue weighted by molar-refractivity contribution is 6.44.